The summed E-state index contributed by atoms with van der Waals surface area (Å²) in [5, 5.41) is 6.60. The highest BCUT2D eigenvalue weighted by atomic mass is 127. The van der Waals surface area contributed by atoms with Crippen molar-refractivity contribution in [1.29, 1.82) is 0 Å². The summed E-state index contributed by atoms with van der Waals surface area (Å²) in [4.78, 5) is 4.27. The number of hydrogen-bond acceptors (Lipinski definition) is 3. The minimum Gasteiger partial charge on any atom is -0.494 e. The predicted molar refractivity (Wildman–Crippen MR) is 125 cm³/mol. The van der Waals surface area contributed by atoms with Crippen LogP contribution in [0.3, 0.4) is 0 Å². The lowest BCUT2D eigenvalue weighted by Gasteiger charge is -2.19. The molecule has 2 aromatic rings. The largest absolute Gasteiger partial charge is 0.494 e. The zero-order valence-corrected chi connectivity index (χ0v) is 19.4. The molecule has 0 bridgehead atoms. The molecule has 1 atom stereocenters. The maximum Gasteiger partial charge on any atom is 0.191 e. The summed E-state index contributed by atoms with van der Waals surface area (Å²) in [5.41, 5.74) is 1.89. The van der Waals surface area contributed by atoms with Gasteiger partial charge < -0.3 is 20.1 Å². The van der Waals surface area contributed by atoms with Gasteiger partial charge in [0.05, 0.1) is 19.8 Å². The number of hydrogen-bond donors (Lipinski definition) is 2. The fourth-order valence-corrected chi connectivity index (χ4v) is 2.90. The molecule has 1 aliphatic carbocycles. The molecule has 3 rings (SSSR count). The number of aliphatic imine (C=N–C) groups is 1. The first kappa shape index (κ1) is 23.3. The minimum absolute atomic E-state index is 0. The van der Waals surface area contributed by atoms with Crippen LogP contribution in [-0.4, -0.2) is 26.7 Å². The monoisotopic (exact) mass is 513 g/mol. The van der Waals surface area contributed by atoms with Crippen LogP contribution in [-0.2, 0) is 6.54 Å². The average Bonchev–Trinajstić information content (AvgIpc) is 3.54. The Hall–Kier alpha value is -2.03. The number of nitrogens with zero attached hydrogens (tertiary/aromatic N) is 1. The topological polar surface area (TPSA) is 54.9 Å². The molecule has 0 amide bonds. The average molecular weight is 513 g/mol. The molecule has 1 aliphatic rings. The number of para-hydroxylation sites is 1. The van der Waals surface area contributed by atoms with Gasteiger partial charge in [0.2, 0.25) is 0 Å². The summed E-state index contributed by atoms with van der Waals surface area (Å²) in [6.07, 6.45) is 2.53. The van der Waals surface area contributed by atoms with E-state index >= 15 is 0 Å². The van der Waals surface area contributed by atoms with Gasteiger partial charge in [-0.15, -0.1) is 24.0 Å². The van der Waals surface area contributed by atoms with Crippen molar-refractivity contribution in [2.45, 2.75) is 32.4 Å². The molecule has 158 valence electrons. The fraction of sp³-hybridized carbons (Fsp3) is 0.409. The Bertz CT molecular complexity index is 827. The van der Waals surface area contributed by atoms with Crippen molar-refractivity contribution in [2.24, 2.45) is 10.9 Å². The van der Waals surface area contributed by atoms with E-state index in [9.17, 15) is 4.39 Å². The van der Waals surface area contributed by atoms with Crippen LogP contribution >= 0.6 is 24.0 Å². The lowest BCUT2D eigenvalue weighted by Crippen LogP contribution is -2.38. The van der Waals surface area contributed by atoms with Crippen LogP contribution in [0.15, 0.2) is 47.5 Å². The molecule has 1 fully saturated rings. The molecule has 2 N–H and O–H groups in total. The van der Waals surface area contributed by atoms with Gasteiger partial charge in [-0.05, 0) is 49.4 Å². The van der Waals surface area contributed by atoms with Gasteiger partial charge in [-0.25, -0.2) is 4.39 Å². The van der Waals surface area contributed by atoms with Crippen LogP contribution in [0.1, 0.15) is 36.9 Å². The van der Waals surface area contributed by atoms with Crippen molar-refractivity contribution >= 4 is 29.9 Å². The zero-order valence-electron chi connectivity index (χ0n) is 17.1. The summed E-state index contributed by atoms with van der Waals surface area (Å²) in [6.45, 7) is 3.33. The third-order valence-corrected chi connectivity index (χ3v) is 4.84. The molecule has 0 aliphatic heterocycles. The van der Waals surface area contributed by atoms with E-state index in [1.807, 2.05) is 37.3 Å². The van der Waals surface area contributed by atoms with Gasteiger partial charge in [-0.3, -0.25) is 4.99 Å². The Morgan fingerprint density at radius 3 is 2.62 bits per heavy atom. The van der Waals surface area contributed by atoms with Crippen LogP contribution in [0.5, 0.6) is 11.5 Å². The van der Waals surface area contributed by atoms with Gasteiger partial charge in [-0.1, -0.05) is 24.3 Å². The van der Waals surface area contributed by atoms with E-state index in [1.165, 1.54) is 26.0 Å². The van der Waals surface area contributed by atoms with E-state index in [2.05, 4.69) is 15.6 Å². The van der Waals surface area contributed by atoms with Gasteiger partial charge in [0.1, 0.15) is 5.75 Å². The van der Waals surface area contributed by atoms with Gasteiger partial charge >= 0.3 is 0 Å². The highest BCUT2D eigenvalue weighted by molar-refractivity contribution is 14.0. The minimum atomic E-state index is -0.377. The van der Waals surface area contributed by atoms with E-state index in [0.717, 1.165) is 23.5 Å². The summed E-state index contributed by atoms with van der Waals surface area (Å²) in [7, 11) is 3.17. The molecule has 5 nitrogen and oxygen atoms in total. The maximum atomic E-state index is 14.0. The SMILES string of the molecule is CN=C(NCc1ccccc1OCC1CC1)NC(C)c1ccc(OC)c(F)c1.I. The van der Waals surface area contributed by atoms with Gasteiger partial charge in [0.25, 0.3) is 0 Å². The molecular formula is C22H29FIN3O2. The molecule has 0 radical (unpaired) electrons. The summed E-state index contributed by atoms with van der Waals surface area (Å²) in [5.74, 6) is 2.11. The first-order chi connectivity index (χ1) is 13.6. The van der Waals surface area contributed by atoms with E-state index in [-0.39, 0.29) is 41.6 Å². The van der Waals surface area contributed by atoms with Crippen LogP contribution in [0, 0.1) is 11.7 Å². The molecule has 2 aromatic carbocycles. The molecule has 1 saturated carbocycles. The Kier molecular flexibility index (Phi) is 9.00. The number of halogens is 2. The van der Waals surface area contributed by atoms with Crippen LogP contribution < -0.4 is 20.1 Å². The first-order valence-electron chi connectivity index (χ1n) is 9.62. The quantitative estimate of drug-likeness (QED) is 0.306. The second-order valence-electron chi connectivity index (χ2n) is 7.05. The Balaban J connectivity index is 0.00000300. The lowest BCUT2D eigenvalue weighted by atomic mass is 10.1. The van der Waals surface area contributed by atoms with Crippen LogP contribution in [0.4, 0.5) is 4.39 Å². The Labute approximate surface area is 189 Å². The van der Waals surface area contributed by atoms with Crippen molar-refractivity contribution < 1.29 is 13.9 Å². The predicted octanol–water partition coefficient (Wildman–Crippen LogP) is 4.67. The lowest BCUT2D eigenvalue weighted by molar-refractivity contribution is 0.296. The van der Waals surface area contributed by atoms with Crippen molar-refractivity contribution in [1.82, 2.24) is 10.6 Å². The summed E-state index contributed by atoms with van der Waals surface area (Å²) in [6, 6.07) is 12.9. The standard InChI is InChI=1S/C22H28FN3O2.HI/c1-15(17-10-11-21(27-3)19(23)12-17)26-22(24-2)25-13-18-6-4-5-7-20(18)28-14-16-8-9-16;/h4-7,10-12,15-16H,8-9,13-14H2,1-3H3,(H2,24,25,26);1H. The summed E-state index contributed by atoms with van der Waals surface area (Å²) < 4.78 is 24.9. The second-order valence-corrected chi connectivity index (χ2v) is 7.05. The van der Waals surface area contributed by atoms with Crippen molar-refractivity contribution in [3.8, 4) is 11.5 Å². The normalized spacial score (nSPS) is 14.6. The molecule has 0 heterocycles. The first-order valence-corrected chi connectivity index (χ1v) is 9.62. The second kappa shape index (κ2) is 11.2. The van der Waals surface area contributed by atoms with Crippen molar-refractivity contribution in [2.75, 3.05) is 20.8 Å². The molecule has 7 heteroatoms. The molecule has 0 aromatic heterocycles. The molecule has 0 spiro atoms. The Morgan fingerprint density at radius 1 is 1.21 bits per heavy atom. The van der Waals surface area contributed by atoms with Crippen molar-refractivity contribution in [3.63, 3.8) is 0 Å². The fourth-order valence-electron chi connectivity index (χ4n) is 2.90. The number of ether oxygens (including phenoxy) is 2. The zero-order chi connectivity index (χ0) is 19.9. The van der Waals surface area contributed by atoms with Crippen LogP contribution in [0.25, 0.3) is 0 Å². The van der Waals surface area contributed by atoms with E-state index < -0.39 is 0 Å². The van der Waals surface area contributed by atoms with Gasteiger partial charge in [0, 0.05) is 19.2 Å². The Morgan fingerprint density at radius 2 is 1.97 bits per heavy atom. The third kappa shape index (κ3) is 6.76. The molecule has 0 saturated heterocycles. The van der Waals surface area contributed by atoms with Crippen LogP contribution in [0.2, 0.25) is 0 Å². The van der Waals surface area contributed by atoms with Gasteiger partial charge in [0.15, 0.2) is 17.5 Å². The smallest absolute Gasteiger partial charge is 0.191 e. The van der Waals surface area contributed by atoms with E-state index in [1.54, 1.807) is 13.1 Å². The summed E-state index contributed by atoms with van der Waals surface area (Å²) >= 11 is 0. The number of guanidine groups is 1. The number of benzene rings is 2. The highest BCUT2D eigenvalue weighted by Crippen LogP contribution is 2.30. The van der Waals surface area contributed by atoms with Gasteiger partial charge in [-0.2, -0.15) is 0 Å². The van der Waals surface area contributed by atoms with E-state index in [0.29, 0.717) is 18.4 Å². The maximum absolute atomic E-state index is 14.0. The third-order valence-electron chi connectivity index (χ3n) is 4.84. The number of methoxy groups -OCH3 is 1. The number of rotatable bonds is 8. The molecule has 29 heavy (non-hydrogen) atoms. The van der Waals surface area contributed by atoms with Crippen molar-refractivity contribution in [3.05, 3.63) is 59.4 Å². The highest BCUT2D eigenvalue weighted by Gasteiger charge is 2.22. The van der Waals surface area contributed by atoms with E-state index in [4.69, 9.17) is 9.47 Å². The number of nitrogens with one attached hydrogen (secondary N) is 2. The molecule has 1 unspecified atom stereocenters. The molecular weight excluding hydrogens is 484 g/mol.